The summed E-state index contributed by atoms with van der Waals surface area (Å²) in [7, 11) is 0. The quantitative estimate of drug-likeness (QED) is 0.448. The van der Waals surface area contributed by atoms with E-state index in [2.05, 4.69) is 36.0 Å². The summed E-state index contributed by atoms with van der Waals surface area (Å²) in [6.45, 7) is 13.8. The van der Waals surface area contributed by atoms with Gasteiger partial charge in [-0.05, 0) is 65.7 Å². The van der Waals surface area contributed by atoms with E-state index in [1.54, 1.807) is 17.0 Å². The number of hydrogen-bond donors (Lipinski definition) is 3. The molecule has 208 valence electrons. The fraction of sp³-hybridized carbons (Fsp3) is 0.533. The van der Waals surface area contributed by atoms with E-state index in [9.17, 15) is 23.6 Å². The number of likely N-dealkylation sites (tertiary alicyclic amines) is 1. The summed E-state index contributed by atoms with van der Waals surface area (Å²) in [6, 6.07) is 3.71. The molecule has 3 N–H and O–H groups in total. The third-order valence-electron chi connectivity index (χ3n) is 8.90. The molecular weight excluding hydrogens is 499 g/mol. The van der Waals surface area contributed by atoms with Crippen LogP contribution in [0.15, 0.2) is 36.9 Å². The van der Waals surface area contributed by atoms with Crippen LogP contribution < -0.4 is 10.6 Å². The Morgan fingerprint density at radius 1 is 1.18 bits per heavy atom. The van der Waals surface area contributed by atoms with Crippen LogP contribution in [0.25, 0.3) is 10.9 Å². The second-order valence-corrected chi connectivity index (χ2v) is 13.0. The van der Waals surface area contributed by atoms with Gasteiger partial charge in [-0.25, -0.2) is 4.39 Å². The van der Waals surface area contributed by atoms with Crippen LogP contribution in [-0.2, 0) is 14.4 Å². The molecule has 1 saturated heterocycles. The predicted molar refractivity (Wildman–Crippen MR) is 145 cm³/mol. The van der Waals surface area contributed by atoms with Crippen molar-refractivity contribution in [2.75, 3.05) is 6.54 Å². The molecule has 0 radical (unpaired) electrons. The highest BCUT2D eigenvalue weighted by atomic mass is 19.1. The zero-order valence-electron chi connectivity index (χ0n) is 23.1. The lowest BCUT2D eigenvalue weighted by atomic mass is 9.83. The number of H-pyrrole nitrogens is 1. The molecule has 0 unspecified atom stereocenters. The summed E-state index contributed by atoms with van der Waals surface area (Å²) >= 11 is 0. The number of aromatic nitrogens is 1. The lowest BCUT2D eigenvalue weighted by Crippen LogP contribution is -2.59. The Kier molecular flexibility index (Phi) is 6.47. The van der Waals surface area contributed by atoms with Crippen LogP contribution in [0, 0.1) is 34.4 Å². The molecule has 2 heterocycles. The number of nitrogens with zero attached hydrogens (tertiary/aromatic N) is 1. The molecule has 3 aliphatic rings. The number of fused-ring (bicyclic) bond motifs is 2. The lowest BCUT2D eigenvalue weighted by Gasteiger charge is -2.35. The van der Waals surface area contributed by atoms with Crippen LogP contribution in [0.2, 0.25) is 0 Å². The van der Waals surface area contributed by atoms with Crippen molar-refractivity contribution in [3.63, 3.8) is 0 Å². The first kappa shape index (κ1) is 27.1. The second-order valence-electron chi connectivity index (χ2n) is 13.0. The van der Waals surface area contributed by atoms with Crippen LogP contribution in [-0.4, -0.2) is 58.1 Å². The SMILES string of the molecule is C=CC(=O)[C@@H](NC(=O)[C@@H]1[C@@H]2[C@H](CN1C(=O)[C@@H](NC(=O)c1cc3c(F)cccc3[nH]1)C1CC1)C2(C)C)C(C)(C)C. The third kappa shape index (κ3) is 4.76. The molecule has 0 spiro atoms. The third-order valence-corrected chi connectivity index (χ3v) is 8.90. The van der Waals surface area contributed by atoms with Gasteiger partial charge in [0.2, 0.25) is 11.8 Å². The van der Waals surface area contributed by atoms with E-state index < -0.39 is 35.3 Å². The topological polar surface area (TPSA) is 111 Å². The highest BCUT2D eigenvalue weighted by Crippen LogP contribution is 2.65. The van der Waals surface area contributed by atoms with Crippen molar-refractivity contribution in [3.05, 3.63) is 48.4 Å². The van der Waals surface area contributed by atoms with Gasteiger partial charge in [0.15, 0.2) is 5.78 Å². The number of rotatable bonds is 8. The minimum Gasteiger partial charge on any atom is -0.350 e. The van der Waals surface area contributed by atoms with Gasteiger partial charge in [0.25, 0.3) is 5.91 Å². The van der Waals surface area contributed by atoms with Crippen molar-refractivity contribution in [2.45, 2.75) is 65.6 Å². The number of amides is 3. The van der Waals surface area contributed by atoms with Gasteiger partial charge >= 0.3 is 0 Å². The molecule has 1 aromatic heterocycles. The van der Waals surface area contributed by atoms with Gasteiger partial charge in [-0.3, -0.25) is 19.2 Å². The Bertz CT molecular complexity index is 1370. The summed E-state index contributed by atoms with van der Waals surface area (Å²) in [5.41, 5.74) is 0.0153. The number of ketones is 1. The molecule has 2 saturated carbocycles. The number of piperidine rings is 1. The number of halogens is 1. The minimum absolute atomic E-state index is 0.0270. The molecule has 3 fully saturated rings. The van der Waals surface area contributed by atoms with Crippen molar-refractivity contribution < 1.29 is 23.6 Å². The maximum Gasteiger partial charge on any atom is 0.268 e. The Labute approximate surface area is 227 Å². The van der Waals surface area contributed by atoms with Crippen molar-refractivity contribution in [1.82, 2.24) is 20.5 Å². The Balaban J connectivity index is 1.38. The number of benzene rings is 1. The zero-order valence-corrected chi connectivity index (χ0v) is 23.1. The molecule has 3 amide bonds. The largest absolute Gasteiger partial charge is 0.350 e. The fourth-order valence-electron chi connectivity index (χ4n) is 6.32. The van der Waals surface area contributed by atoms with Crippen LogP contribution in [0.1, 0.15) is 57.9 Å². The average molecular weight is 537 g/mol. The Hall–Kier alpha value is -3.49. The average Bonchev–Trinajstić information content (AvgIpc) is 3.64. The zero-order chi connectivity index (χ0) is 28.4. The molecule has 8 nitrogen and oxygen atoms in total. The Morgan fingerprint density at radius 2 is 1.87 bits per heavy atom. The van der Waals surface area contributed by atoms with Crippen LogP contribution >= 0.6 is 0 Å². The standard InChI is InChI=1S/C30H37FN4O4/c1-7-21(36)25(29(2,3)4)34-27(38)24-22-17(30(22,5)6)14-35(24)28(39)23(15-11-12-15)33-26(37)20-13-16-18(31)9-8-10-19(16)32-20/h7-10,13,15,17,22-25,32H,1,11-12,14H2,2-6H3,(H,33,37)(H,34,38)/t17-,22-,23-,24-,25+/m0/s1. The molecule has 9 heteroatoms. The molecule has 0 bridgehead atoms. The molecule has 39 heavy (non-hydrogen) atoms. The molecular formula is C30H37FN4O4. The van der Waals surface area contributed by atoms with Gasteiger partial charge in [0.1, 0.15) is 23.6 Å². The molecule has 5 atom stereocenters. The molecule has 1 aromatic carbocycles. The van der Waals surface area contributed by atoms with Crippen LogP contribution in [0.5, 0.6) is 0 Å². The lowest BCUT2D eigenvalue weighted by molar-refractivity contribution is -0.143. The molecule has 1 aliphatic heterocycles. The van der Waals surface area contributed by atoms with E-state index in [1.807, 2.05) is 20.8 Å². The van der Waals surface area contributed by atoms with Crippen molar-refractivity contribution in [2.24, 2.45) is 28.6 Å². The van der Waals surface area contributed by atoms with E-state index in [1.165, 1.54) is 18.2 Å². The van der Waals surface area contributed by atoms with Crippen molar-refractivity contribution in [1.29, 1.82) is 0 Å². The summed E-state index contributed by atoms with van der Waals surface area (Å²) < 4.78 is 14.2. The van der Waals surface area contributed by atoms with Gasteiger partial charge in [-0.1, -0.05) is 47.3 Å². The summed E-state index contributed by atoms with van der Waals surface area (Å²) in [5.74, 6) is -1.76. The molecule has 2 aromatic rings. The van der Waals surface area contributed by atoms with Crippen LogP contribution in [0.4, 0.5) is 4.39 Å². The maximum absolute atomic E-state index is 14.2. The predicted octanol–water partition coefficient (Wildman–Crippen LogP) is 3.58. The monoisotopic (exact) mass is 536 g/mol. The minimum atomic E-state index is -0.794. The summed E-state index contributed by atoms with van der Waals surface area (Å²) in [4.78, 5) is 58.0. The Morgan fingerprint density at radius 3 is 2.46 bits per heavy atom. The van der Waals surface area contributed by atoms with E-state index in [-0.39, 0.29) is 46.5 Å². The van der Waals surface area contributed by atoms with E-state index in [0.717, 1.165) is 12.8 Å². The van der Waals surface area contributed by atoms with Gasteiger partial charge in [-0.2, -0.15) is 0 Å². The van der Waals surface area contributed by atoms with Crippen molar-refractivity contribution in [3.8, 4) is 0 Å². The summed E-state index contributed by atoms with van der Waals surface area (Å²) in [5, 5.41) is 6.09. The van der Waals surface area contributed by atoms with Gasteiger partial charge in [0, 0.05) is 17.4 Å². The second kappa shape index (κ2) is 9.31. The highest BCUT2D eigenvalue weighted by molar-refractivity contribution is 6.02. The van der Waals surface area contributed by atoms with Gasteiger partial charge < -0.3 is 20.5 Å². The van der Waals surface area contributed by atoms with E-state index >= 15 is 0 Å². The number of carbonyl (C=O) groups excluding carboxylic acids is 4. The van der Waals surface area contributed by atoms with Gasteiger partial charge in [-0.15, -0.1) is 0 Å². The first-order chi connectivity index (χ1) is 18.3. The number of nitrogens with one attached hydrogen (secondary N) is 3. The number of carbonyl (C=O) groups is 4. The first-order valence-electron chi connectivity index (χ1n) is 13.6. The van der Waals surface area contributed by atoms with Crippen molar-refractivity contribution >= 4 is 34.4 Å². The van der Waals surface area contributed by atoms with Gasteiger partial charge in [0.05, 0.1) is 6.04 Å². The highest BCUT2D eigenvalue weighted by Gasteiger charge is 2.70. The fourth-order valence-corrected chi connectivity index (χ4v) is 6.32. The molecule has 5 rings (SSSR count). The maximum atomic E-state index is 14.2. The normalized spacial score (nSPS) is 25.0. The van der Waals surface area contributed by atoms with E-state index in [4.69, 9.17) is 0 Å². The first-order valence-corrected chi connectivity index (χ1v) is 13.6. The van der Waals surface area contributed by atoms with Crippen LogP contribution in [0.3, 0.4) is 0 Å². The van der Waals surface area contributed by atoms with E-state index in [0.29, 0.717) is 17.4 Å². The smallest absolute Gasteiger partial charge is 0.268 e. The summed E-state index contributed by atoms with van der Waals surface area (Å²) in [6.07, 6.45) is 2.80. The number of aromatic amines is 1. The molecule has 2 aliphatic carbocycles. The number of hydrogen-bond acceptors (Lipinski definition) is 4.